The molecule has 0 aliphatic rings. The number of benzene rings is 2. The molecule has 2 aromatic carbocycles. The van der Waals surface area contributed by atoms with Crippen LogP contribution in [0.1, 0.15) is 36.1 Å². The fourth-order valence-electron chi connectivity index (χ4n) is 4.01. The van der Waals surface area contributed by atoms with Crippen LogP contribution in [0.3, 0.4) is 0 Å². The van der Waals surface area contributed by atoms with Crippen molar-refractivity contribution >= 4 is 34.0 Å². The van der Waals surface area contributed by atoms with Gasteiger partial charge in [0.1, 0.15) is 11.5 Å². The number of ether oxygens (including phenoxy) is 4. The summed E-state index contributed by atoms with van der Waals surface area (Å²) in [5.41, 5.74) is 7.11. The first kappa shape index (κ1) is 34.9. The van der Waals surface area contributed by atoms with E-state index in [1.165, 1.54) is 16.7 Å². The van der Waals surface area contributed by atoms with E-state index in [0.717, 1.165) is 60.0 Å². The second kappa shape index (κ2) is 16.3. The first-order valence-electron chi connectivity index (χ1n) is 14.8. The van der Waals surface area contributed by atoms with Crippen LogP contribution in [0, 0.1) is 6.92 Å². The SMILES string of the molecule is CC(C)=CCc1c(C)cc(OCOCC[Si](C)(C)C)cc1/C=C/c1ccc(OCOCC[Si](C)(C)C)c(N(C)C)c1. The van der Waals surface area contributed by atoms with Gasteiger partial charge in [0.2, 0.25) is 0 Å². The van der Waals surface area contributed by atoms with Crippen LogP contribution in [0.5, 0.6) is 11.5 Å². The number of allylic oxidation sites excluding steroid dienone is 2. The van der Waals surface area contributed by atoms with Gasteiger partial charge in [0, 0.05) is 43.5 Å². The maximum atomic E-state index is 6.03. The summed E-state index contributed by atoms with van der Waals surface area (Å²) in [6.45, 7) is 22.6. The van der Waals surface area contributed by atoms with Crippen molar-refractivity contribution in [2.24, 2.45) is 0 Å². The Labute approximate surface area is 252 Å². The molecule has 228 valence electrons. The van der Waals surface area contributed by atoms with E-state index in [9.17, 15) is 0 Å². The third-order valence-electron chi connectivity index (χ3n) is 6.72. The molecule has 0 N–H and O–H groups in total. The van der Waals surface area contributed by atoms with Crippen molar-refractivity contribution in [3.05, 3.63) is 64.2 Å². The van der Waals surface area contributed by atoms with Crippen LogP contribution in [0.25, 0.3) is 12.2 Å². The molecule has 2 aromatic rings. The average molecular weight is 598 g/mol. The van der Waals surface area contributed by atoms with E-state index in [1.54, 1.807) is 0 Å². The number of hydrogen-bond acceptors (Lipinski definition) is 5. The summed E-state index contributed by atoms with van der Waals surface area (Å²) in [6, 6.07) is 12.8. The van der Waals surface area contributed by atoms with Crippen LogP contribution >= 0.6 is 0 Å². The number of aryl methyl sites for hydroxylation is 1. The molecule has 5 nitrogen and oxygen atoms in total. The molecule has 0 radical (unpaired) electrons. The lowest BCUT2D eigenvalue weighted by Crippen LogP contribution is -2.22. The zero-order chi connectivity index (χ0) is 30.6. The van der Waals surface area contributed by atoms with Gasteiger partial charge in [-0.15, -0.1) is 0 Å². The minimum atomic E-state index is -1.12. The highest BCUT2D eigenvalue weighted by atomic mass is 28.3. The third-order valence-corrected chi connectivity index (χ3v) is 10.1. The van der Waals surface area contributed by atoms with E-state index >= 15 is 0 Å². The molecule has 0 saturated carbocycles. The van der Waals surface area contributed by atoms with Crippen molar-refractivity contribution in [2.75, 3.05) is 45.8 Å². The van der Waals surface area contributed by atoms with Gasteiger partial charge in [0.25, 0.3) is 0 Å². The van der Waals surface area contributed by atoms with Crippen LogP contribution in [0.4, 0.5) is 5.69 Å². The highest BCUT2D eigenvalue weighted by molar-refractivity contribution is 6.76. The van der Waals surface area contributed by atoms with Crippen molar-refractivity contribution in [2.45, 2.75) is 78.6 Å². The maximum absolute atomic E-state index is 6.03. The smallest absolute Gasteiger partial charge is 0.189 e. The fraction of sp³-hybridized carbons (Fsp3) is 0.529. The molecular weight excluding hydrogens is 543 g/mol. The molecule has 0 aromatic heterocycles. The molecule has 7 heteroatoms. The molecule has 0 unspecified atom stereocenters. The highest BCUT2D eigenvalue weighted by Gasteiger charge is 2.14. The Kier molecular flexibility index (Phi) is 13.9. The van der Waals surface area contributed by atoms with Crippen LogP contribution in [-0.4, -0.2) is 57.0 Å². The molecule has 41 heavy (non-hydrogen) atoms. The lowest BCUT2D eigenvalue weighted by Gasteiger charge is -2.19. The van der Waals surface area contributed by atoms with Gasteiger partial charge in [-0.1, -0.05) is 69.1 Å². The second-order valence-corrected chi connectivity index (χ2v) is 25.0. The van der Waals surface area contributed by atoms with Crippen molar-refractivity contribution in [1.29, 1.82) is 0 Å². The summed E-state index contributed by atoms with van der Waals surface area (Å²) < 4.78 is 23.6. The Morgan fingerprint density at radius 3 is 1.98 bits per heavy atom. The van der Waals surface area contributed by atoms with Crippen LogP contribution in [-0.2, 0) is 15.9 Å². The summed E-state index contributed by atoms with van der Waals surface area (Å²) in [5, 5.41) is 0. The lowest BCUT2D eigenvalue weighted by atomic mass is 9.96. The Morgan fingerprint density at radius 2 is 1.41 bits per heavy atom. The van der Waals surface area contributed by atoms with E-state index < -0.39 is 16.1 Å². The Hall–Kier alpha value is -2.33. The van der Waals surface area contributed by atoms with Gasteiger partial charge >= 0.3 is 0 Å². The van der Waals surface area contributed by atoms with Crippen molar-refractivity contribution in [3.8, 4) is 11.5 Å². The summed E-state index contributed by atoms with van der Waals surface area (Å²) in [5.74, 6) is 1.66. The summed E-state index contributed by atoms with van der Waals surface area (Å²) in [6.07, 6.45) is 7.52. The standard InChI is InChI=1S/C34H55NO4Si2/c1-27(2)12-16-32-28(3)22-31(38-25-36-18-20-40(6,7)8)24-30(32)15-13-29-14-17-34(33(23-29)35(4)5)39-26-37-19-21-41(9,10)11/h12-15,17,22-24H,16,18-21,25-26H2,1-11H3/b15-13+. The van der Waals surface area contributed by atoms with Gasteiger partial charge in [-0.2, -0.15) is 0 Å². The molecule has 0 atom stereocenters. The fourth-order valence-corrected chi connectivity index (χ4v) is 5.53. The maximum Gasteiger partial charge on any atom is 0.189 e. The van der Waals surface area contributed by atoms with E-state index in [-0.39, 0.29) is 13.6 Å². The summed E-state index contributed by atoms with van der Waals surface area (Å²) in [4.78, 5) is 2.08. The zero-order valence-corrected chi connectivity index (χ0v) is 29.6. The van der Waals surface area contributed by atoms with E-state index in [1.807, 2.05) is 20.2 Å². The number of nitrogens with zero attached hydrogens (tertiary/aromatic N) is 1. The minimum Gasteiger partial charge on any atom is -0.468 e. The average Bonchev–Trinajstić information content (AvgIpc) is 2.85. The molecule has 0 aliphatic carbocycles. The van der Waals surface area contributed by atoms with Gasteiger partial charge in [-0.3, -0.25) is 0 Å². The topological polar surface area (TPSA) is 40.2 Å². The summed E-state index contributed by atoms with van der Waals surface area (Å²) >= 11 is 0. The first-order valence-corrected chi connectivity index (χ1v) is 22.2. The molecule has 0 fully saturated rings. The molecule has 0 saturated heterocycles. The predicted octanol–water partition coefficient (Wildman–Crippen LogP) is 9.12. The van der Waals surface area contributed by atoms with Crippen molar-refractivity contribution in [3.63, 3.8) is 0 Å². The van der Waals surface area contributed by atoms with Crippen molar-refractivity contribution < 1.29 is 18.9 Å². The molecule has 0 amide bonds. The van der Waals surface area contributed by atoms with E-state index in [4.69, 9.17) is 18.9 Å². The monoisotopic (exact) mass is 597 g/mol. The normalized spacial score (nSPS) is 12.1. The third kappa shape index (κ3) is 13.9. The van der Waals surface area contributed by atoms with Crippen LogP contribution < -0.4 is 14.4 Å². The predicted molar refractivity (Wildman–Crippen MR) is 183 cm³/mol. The van der Waals surface area contributed by atoms with Crippen LogP contribution in [0.15, 0.2) is 42.0 Å². The van der Waals surface area contributed by atoms with Gasteiger partial charge in [-0.05, 0) is 85.8 Å². The van der Waals surface area contributed by atoms with Crippen LogP contribution in [0.2, 0.25) is 51.4 Å². The van der Waals surface area contributed by atoms with Gasteiger partial charge < -0.3 is 23.8 Å². The van der Waals surface area contributed by atoms with E-state index in [2.05, 4.69) is 107 Å². The second-order valence-electron chi connectivity index (χ2n) is 13.7. The molecule has 0 spiro atoms. The molecule has 0 bridgehead atoms. The van der Waals surface area contributed by atoms with Gasteiger partial charge in [-0.25, -0.2) is 0 Å². The number of anilines is 1. The Balaban J connectivity index is 2.20. The number of hydrogen-bond donors (Lipinski definition) is 0. The molecular formula is C34H55NO4Si2. The highest BCUT2D eigenvalue weighted by Crippen LogP contribution is 2.30. The Bertz CT molecular complexity index is 1160. The van der Waals surface area contributed by atoms with Crippen molar-refractivity contribution in [1.82, 2.24) is 0 Å². The summed E-state index contributed by atoms with van der Waals surface area (Å²) in [7, 11) is 1.85. The minimum absolute atomic E-state index is 0.266. The van der Waals surface area contributed by atoms with Gasteiger partial charge in [0.05, 0.1) is 5.69 Å². The zero-order valence-electron chi connectivity index (χ0n) is 27.6. The molecule has 2 rings (SSSR count). The number of rotatable bonds is 17. The quantitative estimate of drug-likeness (QED) is 0.0598. The molecule has 0 aliphatic heterocycles. The first-order chi connectivity index (χ1) is 19.1. The van der Waals surface area contributed by atoms with E-state index in [0.29, 0.717) is 0 Å². The molecule has 0 heterocycles. The Morgan fingerprint density at radius 1 is 0.805 bits per heavy atom. The lowest BCUT2D eigenvalue weighted by molar-refractivity contribution is 0.0219. The largest absolute Gasteiger partial charge is 0.468 e. The van der Waals surface area contributed by atoms with Gasteiger partial charge in [0.15, 0.2) is 13.6 Å².